The van der Waals surface area contributed by atoms with Crippen LogP contribution in [0.5, 0.6) is 5.88 Å². The van der Waals surface area contributed by atoms with Gasteiger partial charge >= 0.3 is 0 Å². The molecule has 0 aliphatic carbocycles. The molecule has 0 radical (unpaired) electrons. The summed E-state index contributed by atoms with van der Waals surface area (Å²) < 4.78 is 6.05. The lowest BCUT2D eigenvalue weighted by molar-refractivity contribution is 0.0371. The molecule has 4 heterocycles. The van der Waals surface area contributed by atoms with Gasteiger partial charge in [0.1, 0.15) is 23.4 Å². The van der Waals surface area contributed by atoms with Crippen LogP contribution in [0, 0.1) is 18.3 Å². The first-order valence-corrected chi connectivity index (χ1v) is 9.72. The topological polar surface area (TPSA) is 110 Å². The van der Waals surface area contributed by atoms with Crippen molar-refractivity contribution >= 4 is 5.91 Å². The summed E-state index contributed by atoms with van der Waals surface area (Å²) in [5.41, 5.74) is 2.23. The molecule has 30 heavy (non-hydrogen) atoms. The fraction of sp³-hybridized carbons (Fsp3) is 0.333. The second-order valence-corrected chi connectivity index (χ2v) is 7.25. The van der Waals surface area contributed by atoms with E-state index in [0.29, 0.717) is 29.2 Å². The number of nitriles is 1. The van der Waals surface area contributed by atoms with Crippen molar-refractivity contribution in [3.63, 3.8) is 0 Å². The number of pyridine rings is 2. The number of likely N-dealkylation sites (tertiary alicyclic amines) is 1. The van der Waals surface area contributed by atoms with Gasteiger partial charge in [-0.3, -0.25) is 9.78 Å². The molecule has 0 N–H and O–H groups in total. The number of hydrogen-bond donors (Lipinski definition) is 0. The molecule has 152 valence electrons. The van der Waals surface area contributed by atoms with Gasteiger partial charge in [-0.25, -0.2) is 4.98 Å². The lowest BCUT2D eigenvalue weighted by atomic mass is 10.00. The Morgan fingerprint density at radius 3 is 2.77 bits per heavy atom. The Morgan fingerprint density at radius 2 is 2.00 bits per heavy atom. The number of rotatable bonds is 4. The molecule has 0 bridgehead atoms. The average Bonchev–Trinajstić information content (AvgIpc) is 3.30. The van der Waals surface area contributed by atoms with Crippen molar-refractivity contribution in [1.29, 1.82) is 5.26 Å². The molecule has 1 fully saturated rings. The Kier molecular flexibility index (Phi) is 5.39. The van der Waals surface area contributed by atoms with Crippen molar-refractivity contribution in [2.24, 2.45) is 0 Å². The van der Waals surface area contributed by atoms with E-state index >= 15 is 0 Å². The van der Waals surface area contributed by atoms with Gasteiger partial charge in [-0.15, -0.1) is 0 Å². The quantitative estimate of drug-likeness (QED) is 0.657. The number of carbonyl (C=O) groups is 1. The summed E-state index contributed by atoms with van der Waals surface area (Å²) in [5.74, 6) is 0.154. The van der Waals surface area contributed by atoms with Crippen LogP contribution in [0.3, 0.4) is 0 Å². The molecule has 1 saturated heterocycles. The smallest absolute Gasteiger partial charge is 0.258 e. The van der Waals surface area contributed by atoms with Crippen molar-refractivity contribution in [2.45, 2.75) is 38.8 Å². The van der Waals surface area contributed by atoms with Gasteiger partial charge in [0.25, 0.3) is 5.91 Å². The fourth-order valence-corrected chi connectivity index (χ4v) is 3.59. The average molecular weight is 403 g/mol. The highest BCUT2D eigenvalue weighted by molar-refractivity contribution is 5.97. The maximum atomic E-state index is 13.4. The molecular weight excluding hydrogens is 382 g/mol. The first kappa shape index (κ1) is 19.5. The first-order valence-electron chi connectivity index (χ1n) is 9.72. The van der Waals surface area contributed by atoms with E-state index in [1.165, 1.54) is 11.0 Å². The maximum absolute atomic E-state index is 13.4. The van der Waals surface area contributed by atoms with Crippen molar-refractivity contribution in [3.8, 4) is 17.6 Å². The van der Waals surface area contributed by atoms with Crippen LogP contribution >= 0.6 is 0 Å². The summed E-state index contributed by atoms with van der Waals surface area (Å²) >= 11 is 0. The number of amides is 1. The van der Waals surface area contributed by atoms with E-state index in [1.807, 2.05) is 13.8 Å². The molecule has 1 aliphatic heterocycles. The molecule has 3 aromatic rings. The number of nitrogens with zero attached hydrogens (tertiary/aromatic N) is 7. The van der Waals surface area contributed by atoms with E-state index in [0.717, 1.165) is 18.4 Å². The minimum Gasteiger partial charge on any atom is -0.472 e. The molecule has 1 aliphatic rings. The predicted molar refractivity (Wildman–Crippen MR) is 107 cm³/mol. The van der Waals surface area contributed by atoms with Gasteiger partial charge in [0.2, 0.25) is 5.88 Å². The largest absolute Gasteiger partial charge is 0.472 e. The molecule has 4 rings (SSSR count). The first-order chi connectivity index (χ1) is 14.6. The molecule has 2 atom stereocenters. The number of hydrogen-bond acceptors (Lipinski definition) is 7. The zero-order valence-corrected chi connectivity index (χ0v) is 16.8. The summed E-state index contributed by atoms with van der Waals surface area (Å²) in [6.45, 7) is 4.25. The van der Waals surface area contributed by atoms with Gasteiger partial charge < -0.3 is 9.64 Å². The van der Waals surface area contributed by atoms with E-state index in [-0.39, 0.29) is 18.1 Å². The van der Waals surface area contributed by atoms with Crippen molar-refractivity contribution < 1.29 is 9.53 Å². The third kappa shape index (κ3) is 3.72. The van der Waals surface area contributed by atoms with Crippen LogP contribution in [0.25, 0.3) is 5.69 Å². The number of ether oxygens (including phenoxy) is 1. The van der Waals surface area contributed by atoms with Crippen LogP contribution in [0.2, 0.25) is 0 Å². The SMILES string of the molecule is Cc1ccnc(O[C@@H]2CC[C@@H](C)N(C(=O)c3cnccc3-n3nccn3)C2)c1C#N. The number of aryl methyl sites for hydroxylation is 1. The van der Waals surface area contributed by atoms with Crippen LogP contribution < -0.4 is 4.74 Å². The highest BCUT2D eigenvalue weighted by Gasteiger charge is 2.32. The van der Waals surface area contributed by atoms with E-state index < -0.39 is 0 Å². The highest BCUT2D eigenvalue weighted by atomic mass is 16.5. The van der Waals surface area contributed by atoms with Crippen LogP contribution in [-0.2, 0) is 0 Å². The molecule has 0 saturated carbocycles. The molecule has 9 nitrogen and oxygen atoms in total. The molecular formula is C21H21N7O2. The summed E-state index contributed by atoms with van der Waals surface area (Å²) in [6.07, 6.45) is 9.18. The molecule has 9 heteroatoms. The standard InChI is InChI=1S/C21H21N7O2/c1-14-5-8-24-20(17(14)11-22)30-16-4-3-15(2)27(13-16)21(29)18-12-23-7-6-19(18)28-25-9-10-26-28/h5-10,12,15-16H,3-4,13H2,1-2H3/t15-,16-/m1/s1. The van der Waals surface area contributed by atoms with E-state index in [1.54, 1.807) is 41.8 Å². The lowest BCUT2D eigenvalue weighted by Crippen LogP contribution is -2.49. The van der Waals surface area contributed by atoms with Crippen molar-refractivity contribution in [3.05, 3.63) is 59.8 Å². The third-order valence-corrected chi connectivity index (χ3v) is 5.28. The lowest BCUT2D eigenvalue weighted by Gasteiger charge is -2.38. The van der Waals surface area contributed by atoms with Crippen LogP contribution in [0.4, 0.5) is 0 Å². The van der Waals surface area contributed by atoms with Gasteiger partial charge in [-0.05, 0) is 44.4 Å². The predicted octanol–water partition coefficient (Wildman–Crippen LogP) is 2.31. The van der Waals surface area contributed by atoms with Gasteiger partial charge in [0.15, 0.2) is 0 Å². The zero-order valence-electron chi connectivity index (χ0n) is 16.8. The third-order valence-electron chi connectivity index (χ3n) is 5.28. The van der Waals surface area contributed by atoms with Crippen LogP contribution in [0.1, 0.15) is 41.3 Å². The van der Waals surface area contributed by atoms with E-state index in [4.69, 9.17) is 4.74 Å². The number of aromatic nitrogens is 5. The van der Waals surface area contributed by atoms with Crippen LogP contribution in [-0.4, -0.2) is 54.5 Å². The second kappa shape index (κ2) is 8.29. The Labute approximate surface area is 173 Å². The van der Waals surface area contributed by atoms with Crippen LogP contribution in [0.15, 0.2) is 43.1 Å². The molecule has 0 aromatic carbocycles. The van der Waals surface area contributed by atoms with Crippen molar-refractivity contribution in [2.75, 3.05) is 6.54 Å². The summed E-state index contributed by atoms with van der Waals surface area (Å²) in [6, 6.07) is 5.68. The molecule has 3 aromatic heterocycles. The second-order valence-electron chi connectivity index (χ2n) is 7.25. The maximum Gasteiger partial charge on any atom is 0.258 e. The number of piperidine rings is 1. The minimum atomic E-state index is -0.255. The van der Waals surface area contributed by atoms with E-state index in [2.05, 4.69) is 26.2 Å². The zero-order chi connectivity index (χ0) is 21.1. The van der Waals surface area contributed by atoms with E-state index in [9.17, 15) is 10.1 Å². The summed E-state index contributed by atoms with van der Waals surface area (Å²) in [7, 11) is 0. The summed E-state index contributed by atoms with van der Waals surface area (Å²) in [5, 5.41) is 17.7. The monoisotopic (exact) mass is 403 g/mol. The Balaban J connectivity index is 1.58. The summed E-state index contributed by atoms with van der Waals surface area (Å²) in [4.78, 5) is 24.9. The van der Waals surface area contributed by atoms with Crippen molar-refractivity contribution in [1.82, 2.24) is 29.9 Å². The Morgan fingerprint density at radius 1 is 1.20 bits per heavy atom. The molecule has 1 amide bonds. The highest BCUT2D eigenvalue weighted by Crippen LogP contribution is 2.26. The normalized spacial score (nSPS) is 18.6. The van der Waals surface area contributed by atoms with Gasteiger partial charge in [-0.2, -0.15) is 20.3 Å². The molecule has 0 spiro atoms. The fourth-order valence-electron chi connectivity index (χ4n) is 3.59. The molecule has 0 unspecified atom stereocenters. The van der Waals surface area contributed by atoms with Gasteiger partial charge in [0, 0.05) is 24.6 Å². The number of carbonyl (C=O) groups excluding carboxylic acids is 1. The van der Waals surface area contributed by atoms with Gasteiger partial charge in [0.05, 0.1) is 24.5 Å². The Hall–Kier alpha value is -3.80. The van der Waals surface area contributed by atoms with Gasteiger partial charge in [-0.1, -0.05) is 0 Å². The Bertz CT molecular complexity index is 1090. The minimum absolute atomic E-state index is 0.0388.